The van der Waals surface area contributed by atoms with E-state index in [0.717, 1.165) is 18.4 Å². The molecule has 2 heterocycles. The number of rotatable bonds is 2. The van der Waals surface area contributed by atoms with Gasteiger partial charge in [0.05, 0.1) is 18.3 Å². The summed E-state index contributed by atoms with van der Waals surface area (Å²) in [4.78, 5) is 24.5. The Bertz CT molecular complexity index is 437. The Labute approximate surface area is 99.0 Å². The van der Waals surface area contributed by atoms with Crippen molar-refractivity contribution in [2.75, 3.05) is 6.54 Å². The number of hydrogen-bond donors (Lipinski definition) is 0. The number of carbonyl (C=O) groups excluding carboxylic acids is 2. The lowest BCUT2D eigenvalue weighted by atomic mass is 10.0. The highest BCUT2D eigenvalue weighted by molar-refractivity contribution is 5.95. The SMILES string of the molecule is Cc1ccoc1C(=O)N1CCCCC1C(=O)[O-]. The van der Waals surface area contributed by atoms with Crippen molar-refractivity contribution in [1.29, 1.82) is 0 Å². The van der Waals surface area contributed by atoms with Crippen molar-refractivity contribution in [3.8, 4) is 0 Å². The summed E-state index contributed by atoms with van der Waals surface area (Å²) < 4.78 is 5.10. The van der Waals surface area contributed by atoms with E-state index in [4.69, 9.17) is 4.42 Å². The van der Waals surface area contributed by atoms with Crippen molar-refractivity contribution >= 4 is 11.9 Å². The number of amides is 1. The van der Waals surface area contributed by atoms with Gasteiger partial charge >= 0.3 is 0 Å². The Morgan fingerprint density at radius 2 is 2.24 bits per heavy atom. The maximum absolute atomic E-state index is 12.1. The minimum Gasteiger partial charge on any atom is -0.548 e. The number of carbonyl (C=O) groups is 2. The third-order valence-electron chi connectivity index (χ3n) is 3.09. The number of aliphatic carboxylic acids is 1. The summed E-state index contributed by atoms with van der Waals surface area (Å²) >= 11 is 0. The van der Waals surface area contributed by atoms with Crippen molar-refractivity contribution in [3.05, 3.63) is 23.7 Å². The van der Waals surface area contributed by atoms with Crippen LogP contribution in [0.5, 0.6) is 0 Å². The third-order valence-corrected chi connectivity index (χ3v) is 3.09. The Balaban J connectivity index is 2.23. The molecule has 5 nitrogen and oxygen atoms in total. The minimum atomic E-state index is -1.19. The fourth-order valence-corrected chi connectivity index (χ4v) is 2.14. The lowest BCUT2D eigenvalue weighted by molar-refractivity contribution is -0.311. The number of likely N-dealkylation sites (tertiary alicyclic amines) is 1. The monoisotopic (exact) mass is 236 g/mol. The van der Waals surface area contributed by atoms with Crippen LogP contribution in [0.2, 0.25) is 0 Å². The number of nitrogens with zero attached hydrogens (tertiary/aromatic N) is 1. The zero-order chi connectivity index (χ0) is 12.4. The van der Waals surface area contributed by atoms with Gasteiger partial charge in [-0.05, 0) is 32.3 Å². The van der Waals surface area contributed by atoms with Crippen LogP contribution in [0.15, 0.2) is 16.7 Å². The summed E-state index contributed by atoms with van der Waals surface area (Å²) in [6, 6.07) is 0.853. The van der Waals surface area contributed by atoms with Crippen LogP contribution in [0.1, 0.15) is 35.4 Å². The highest BCUT2D eigenvalue weighted by Crippen LogP contribution is 2.21. The molecule has 1 aliphatic rings. The average molecular weight is 236 g/mol. The standard InChI is InChI=1S/C12H15NO4/c1-8-5-7-17-10(8)11(14)13-6-3-2-4-9(13)12(15)16/h5,7,9H,2-4,6H2,1H3,(H,15,16)/p-1. The molecule has 1 aromatic heterocycles. The van der Waals surface area contributed by atoms with E-state index in [1.807, 2.05) is 0 Å². The van der Waals surface area contributed by atoms with Crippen molar-refractivity contribution in [3.63, 3.8) is 0 Å². The van der Waals surface area contributed by atoms with Crippen LogP contribution in [0.3, 0.4) is 0 Å². The van der Waals surface area contributed by atoms with Gasteiger partial charge in [0.2, 0.25) is 0 Å². The number of hydrogen-bond acceptors (Lipinski definition) is 4. The molecule has 1 fully saturated rings. The first-order valence-corrected chi connectivity index (χ1v) is 5.67. The van der Waals surface area contributed by atoms with Gasteiger partial charge < -0.3 is 19.2 Å². The van der Waals surface area contributed by atoms with E-state index in [1.165, 1.54) is 11.2 Å². The molecule has 0 saturated carbocycles. The van der Waals surface area contributed by atoms with E-state index >= 15 is 0 Å². The van der Waals surface area contributed by atoms with Crippen LogP contribution in [0, 0.1) is 6.92 Å². The Hall–Kier alpha value is -1.78. The minimum absolute atomic E-state index is 0.221. The molecule has 17 heavy (non-hydrogen) atoms. The topological polar surface area (TPSA) is 73.6 Å². The molecule has 2 rings (SSSR count). The molecule has 1 atom stereocenters. The van der Waals surface area contributed by atoms with E-state index in [0.29, 0.717) is 13.0 Å². The maximum atomic E-state index is 12.1. The molecule has 1 saturated heterocycles. The van der Waals surface area contributed by atoms with Crippen molar-refractivity contribution in [1.82, 2.24) is 4.90 Å². The lowest BCUT2D eigenvalue weighted by Gasteiger charge is -2.35. The molecule has 1 aliphatic heterocycles. The molecule has 92 valence electrons. The Morgan fingerprint density at radius 1 is 1.47 bits per heavy atom. The van der Waals surface area contributed by atoms with Gasteiger partial charge in [0.25, 0.3) is 5.91 Å². The predicted molar refractivity (Wildman–Crippen MR) is 57.1 cm³/mol. The van der Waals surface area contributed by atoms with Gasteiger partial charge in [-0.25, -0.2) is 0 Å². The smallest absolute Gasteiger partial charge is 0.290 e. The van der Waals surface area contributed by atoms with E-state index in [1.54, 1.807) is 13.0 Å². The number of carboxylic acid groups (broad SMARTS) is 1. The molecule has 5 heteroatoms. The normalized spacial score (nSPS) is 20.3. The van der Waals surface area contributed by atoms with E-state index in [2.05, 4.69) is 0 Å². The van der Waals surface area contributed by atoms with Crippen LogP contribution in [0.25, 0.3) is 0 Å². The maximum Gasteiger partial charge on any atom is 0.290 e. The van der Waals surface area contributed by atoms with E-state index in [9.17, 15) is 14.7 Å². The zero-order valence-electron chi connectivity index (χ0n) is 9.64. The van der Waals surface area contributed by atoms with Crippen molar-refractivity contribution in [2.45, 2.75) is 32.2 Å². The summed E-state index contributed by atoms with van der Waals surface area (Å²) in [5.74, 6) is -1.33. The molecule has 1 unspecified atom stereocenters. The van der Waals surface area contributed by atoms with Gasteiger partial charge in [0.1, 0.15) is 0 Å². The summed E-state index contributed by atoms with van der Waals surface area (Å²) in [7, 11) is 0. The molecular weight excluding hydrogens is 222 g/mol. The zero-order valence-corrected chi connectivity index (χ0v) is 9.64. The molecule has 0 spiro atoms. The quantitative estimate of drug-likeness (QED) is 0.741. The van der Waals surface area contributed by atoms with Crippen molar-refractivity contribution < 1.29 is 19.1 Å². The summed E-state index contributed by atoms with van der Waals surface area (Å²) in [5, 5.41) is 11.0. The summed E-state index contributed by atoms with van der Waals surface area (Å²) in [6.45, 7) is 2.20. The third kappa shape index (κ3) is 2.18. The molecule has 0 radical (unpaired) electrons. The number of piperidine rings is 1. The second kappa shape index (κ2) is 4.61. The van der Waals surface area contributed by atoms with E-state index < -0.39 is 12.0 Å². The molecule has 0 bridgehead atoms. The molecule has 1 amide bonds. The van der Waals surface area contributed by atoms with Gasteiger partial charge in [0.15, 0.2) is 5.76 Å². The van der Waals surface area contributed by atoms with Gasteiger partial charge in [0, 0.05) is 12.1 Å². The van der Waals surface area contributed by atoms with Gasteiger partial charge in [-0.15, -0.1) is 0 Å². The highest BCUT2D eigenvalue weighted by Gasteiger charge is 2.30. The second-order valence-corrected chi connectivity index (χ2v) is 4.26. The Morgan fingerprint density at radius 3 is 2.82 bits per heavy atom. The average Bonchev–Trinajstić information content (AvgIpc) is 2.74. The number of furan rings is 1. The van der Waals surface area contributed by atoms with E-state index in [-0.39, 0.29) is 11.7 Å². The molecule has 0 aliphatic carbocycles. The van der Waals surface area contributed by atoms with Gasteiger partial charge in [-0.3, -0.25) is 4.79 Å². The van der Waals surface area contributed by atoms with Gasteiger partial charge in [-0.1, -0.05) is 0 Å². The predicted octanol–water partition coefficient (Wildman–Crippen LogP) is 0.333. The van der Waals surface area contributed by atoms with Gasteiger partial charge in [-0.2, -0.15) is 0 Å². The fraction of sp³-hybridized carbons (Fsp3) is 0.500. The Kier molecular flexibility index (Phi) is 3.17. The summed E-state index contributed by atoms with van der Waals surface area (Å²) in [5.41, 5.74) is 0.720. The summed E-state index contributed by atoms with van der Waals surface area (Å²) in [6.07, 6.45) is 3.50. The fourth-order valence-electron chi connectivity index (χ4n) is 2.14. The van der Waals surface area contributed by atoms with Crippen LogP contribution in [-0.4, -0.2) is 29.4 Å². The first kappa shape index (κ1) is 11.7. The first-order valence-electron chi connectivity index (χ1n) is 5.67. The first-order chi connectivity index (χ1) is 8.11. The van der Waals surface area contributed by atoms with Crippen LogP contribution in [-0.2, 0) is 4.79 Å². The largest absolute Gasteiger partial charge is 0.548 e. The van der Waals surface area contributed by atoms with Crippen LogP contribution >= 0.6 is 0 Å². The van der Waals surface area contributed by atoms with Crippen LogP contribution in [0.4, 0.5) is 0 Å². The number of carboxylic acids is 1. The number of aryl methyl sites for hydroxylation is 1. The molecule has 1 aromatic rings. The second-order valence-electron chi connectivity index (χ2n) is 4.26. The van der Waals surface area contributed by atoms with Crippen molar-refractivity contribution in [2.24, 2.45) is 0 Å². The molecular formula is C12H14NO4-. The molecule has 0 N–H and O–H groups in total. The highest BCUT2D eigenvalue weighted by atomic mass is 16.4. The van der Waals surface area contributed by atoms with Crippen LogP contribution < -0.4 is 5.11 Å². The lowest BCUT2D eigenvalue weighted by Crippen LogP contribution is -2.52. The molecule has 0 aromatic carbocycles.